The lowest BCUT2D eigenvalue weighted by Crippen LogP contribution is -2.29. The lowest BCUT2D eigenvalue weighted by atomic mass is 10.0. The number of furan rings is 1. The monoisotopic (exact) mass is 793 g/mol. The average molecular weight is 794 g/mol. The minimum Gasteiger partial charge on any atom is -0.466 e. The van der Waals surface area contributed by atoms with Gasteiger partial charge < -0.3 is 29.6 Å². The Kier molecular flexibility index (Phi) is 29.5. The summed E-state index contributed by atoms with van der Waals surface area (Å²) in [5, 5.41) is 10.1. The lowest BCUT2D eigenvalue weighted by Gasteiger charge is -2.19. The highest BCUT2D eigenvalue weighted by Gasteiger charge is 2.26. The molecule has 3 atom stereocenters. The van der Waals surface area contributed by atoms with Gasteiger partial charge in [-0.1, -0.05) is 101 Å². The van der Waals surface area contributed by atoms with Crippen molar-refractivity contribution in [2.75, 3.05) is 26.4 Å². The summed E-state index contributed by atoms with van der Waals surface area (Å²) in [6.45, 7) is 7.65. The number of esters is 2. The van der Waals surface area contributed by atoms with E-state index in [0.717, 1.165) is 75.7 Å². The zero-order valence-corrected chi connectivity index (χ0v) is 35.1. The van der Waals surface area contributed by atoms with Crippen LogP contribution in [0, 0.1) is 13.8 Å². The molecule has 1 aromatic rings. The Hall–Kier alpha value is -2.79. The Bertz CT molecular complexity index is 1330. The fraction of sp³-hybridized carbons (Fsp3) is 0.674. The van der Waals surface area contributed by atoms with Crippen molar-refractivity contribution in [1.82, 2.24) is 0 Å². The minimum atomic E-state index is -4.43. The summed E-state index contributed by atoms with van der Waals surface area (Å²) in [6.07, 6.45) is 30.4. The maximum Gasteiger partial charge on any atom is 0.472 e. The van der Waals surface area contributed by atoms with E-state index in [1.54, 1.807) is 12.2 Å². The number of ether oxygens (including phenoxy) is 2. The van der Waals surface area contributed by atoms with Gasteiger partial charge in [-0.25, -0.2) is 4.57 Å². The summed E-state index contributed by atoms with van der Waals surface area (Å²) in [5.74, 6) is 1.21. The van der Waals surface area contributed by atoms with Gasteiger partial charge in [0.25, 0.3) is 0 Å². The van der Waals surface area contributed by atoms with Crippen LogP contribution in [0.3, 0.4) is 0 Å². The first-order valence-corrected chi connectivity index (χ1v) is 22.1. The number of phosphoric ester groups is 1. The van der Waals surface area contributed by atoms with Gasteiger partial charge in [-0.3, -0.25) is 18.6 Å². The molecule has 0 amide bonds. The van der Waals surface area contributed by atoms with Crippen molar-refractivity contribution in [3.8, 4) is 0 Å². The van der Waals surface area contributed by atoms with Crippen LogP contribution in [0.25, 0.3) is 0 Å². The molecule has 0 radical (unpaired) electrons. The van der Waals surface area contributed by atoms with E-state index in [9.17, 15) is 24.2 Å². The van der Waals surface area contributed by atoms with Gasteiger partial charge in [-0.05, 0) is 82.8 Å². The van der Waals surface area contributed by atoms with E-state index in [1.807, 2.05) is 18.2 Å². The highest BCUT2D eigenvalue weighted by Crippen LogP contribution is 2.43. The molecule has 0 aliphatic heterocycles. The molecule has 1 heterocycles. The van der Waals surface area contributed by atoms with Gasteiger partial charge in [-0.2, -0.15) is 0 Å². The predicted octanol–water partition coefficient (Wildman–Crippen LogP) is 9.79. The molecule has 314 valence electrons. The number of aliphatic hydroxyl groups is 1. The van der Waals surface area contributed by atoms with Crippen molar-refractivity contribution < 1.29 is 47.1 Å². The van der Waals surface area contributed by atoms with Gasteiger partial charge >= 0.3 is 19.8 Å². The van der Waals surface area contributed by atoms with Crippen LogP contribution in [0.5, 0.6) is 0 Å². The van der Waals surface area contributed by atoms with Gasteiger partial charge in [-0.15, -0.1) is 0 Å². The smallest absolute Gasteiger partial charge is 0.466 e. The second-order valence-corrected chi connectivity index (χ2v) is 15.4. The van der Waals surface area contributed by atoms with Crippen molar-refractivity contribution in [3.63, 3.8) is 0 Å². The van der Waals surface area contributed by atoms with E-state index in [-0.39, 0.29) is 32.6 Å². The number of rotatable bonds is 34. The van der Waals surface area contributed by atoms with Crippen molar-refractivity contribution in [2.45, 2.75) is 162 Å². The topological polar surface area (TPSA) is 168 Å². The van der Waals surface area contributed by atoms with E-state index in [4.69, 9.17) is 28.7 Å². The molecular formula is C43H72NO10P. The first-order valence-electron chi connectivity index (χ1n) is 20.6. The summed E-state index contributed by atoms with van der Waals surface area (Å²) in [7, 11) is -4.43. The number of hydrogen-bond donors (Lipinski definition) is 3. The maximum absolute atomic E-state index is 12.6. The van der Waals surface area contributed by atoms with Gasteiger partial charge in [0.1, 0.15) is 18.1 Å². The van der Waals surface area contributed by atoms with Gasteiger partial charge in [0.05, 0.1) is 19.3 Å². The molecule has 55 heavy (non-hydrogen) atoms. The lowest BCUT2D eigenvalue weighted by molar-refractivity contribution is -0.161. The largest absolute Gasteiger partial charge is 0.472 e. The number of unbranched alkanes of at least 4 members (excludes halogenated alkanes) is 9. The Morgan fingerprint density at radius 2 is 1.44 bits per heavy atom. The Morgan fingerprint density at radius 3 is 2.16 bits per heavy atom. The van der Waals surface area contributed by atoms with Crippen LogP contribution in [0.4, 0.5) is 0 Å². The van der Waals surface area contributed by atoms with E-state index in [0.29, 0.717) is 25.7 Å². The highest BCUT2D eigenvalue weighted by molar-refractivity contribution is 7.47. The number of carbonyl (C=O) groups excluding carboxylic acids is 2. The summed E-state index contributed by atoms with van der Waals surface area (Å²) in [5.41, 5.74) is 7.88. The van der Waals surface area contributed by atoms with Crippen LogP contribution in [0.1, 0.15) is 146 Å². The number of carbonyl (C=O) groups is 2. The summed E-state index contributed by atoms with van der Waals surface area (Å²) in [6, 6.07) is 0. The highest BCUT2D eigenvalue weighted by atomic mass is 31.2. The molecule has 0 aromatic carbocycles. The third-order valence-electron chi connectivity index (χ3n) is 8.97. The Labute approximate surface area is 331 Å². The first kappa shape index (κ1) is 50.2. The molecule has 0 fully saturated rings. The SMILES string of the molecule is CCCCC/C=C\C/C=C\CC(O)/C=C\C=C\CCCC(=O)OC[C@H](COP(=O)(O)OCCN)OC(=O)CCCCCCCCc1oc(CCC)c(C)c1C. The van der Waals surface area contributed by atoms with E-state index < -0.39 is 38.6 Å². The Balaban J connectivity index is 2.37. The van der Waals surface area contributed by atoms with Crippen molar-refractivity contribution >= 4 is 19.8 Å². The first-order chi connectivity index (χ1) is 26.5. The molecule has 0 aliphatic carbocycles. The number of aliphatic hydroxyl groups excluding tert-OH is 1. The second kappa shape index (κ2) is 32.3. The molecule has 1 aromatic heterocycles. The normalized spacial score (nSPS) is 14.4. The molecule has 1 rings (SSSR count). The van der Waals surface area contributed by atoms with Gasteiger partial charge in [0.15, 0.2) is 6.10 Å². The molecule has 0 spiro atoms. The predicted molar refractivity (Wildman–Crippen MR) is 220 cm³/mol. The van der Waals surface area contributed by atoms with Crippen LogP contribution in [0.2, 0.25) is 0 Å². The zero-order valence-electron chi connectivity index (χ0n) is 34.2. The van der Waals surface area contributed by atoms with Crippen molar-refractivity contribution in [3.05, 3.63) is 71.3 Å². The summed E-state index contributed by atoms with van der Waals surface area (Å²) in [4.78, 5) is 34.9. The average Bonchev–Trinajstić information content (AvgIpc) is 3.42. The molecule has 0 aliphatic rings. The molecule has 0 saturated heterocycles. The number of aryl methyl sites for hydroxylation is 2. The molecule has 0 saturated carbocycles. The van der Waals surface area contributed by atoms with E-state index in [1.165, 1.54) is 30.4 Å². The van der Waals surface area contributed by atoms with Gasteiger partial charge in [0, 0.05) is 32.2 Å². The van der Waals surface area contributed by atoms with Crippen LogP contribution < -0.4 is 5.73 Å². The minimum absolute atomic E-state index is 0.0236. The second-order valence-electron chi connectivity index (χ2n) is 13.9. The van der Waals surface area contributed by atoms with Crippen molar-refractivity contribution in [1.29, 1.82) is 0 Å². The number of allylic oxidation sites excluding steroid dienone is 6. The van der Waals surface area contributed by atoms with Gasteiger partial charge in [0.2, 0.25) is 0 Å². The third-order valence-corrected chi connectivity index (χ3v) is 9.96. The quantitative estimate of drug-likeness (QED) is 0.0200. The standard InChI is InChI=1S/C43H72NO10P/c1-5-7-8-9-10-11-12-16-21-27-38(45)28-22-17-15-20-24-30-42(46)50-34-39(35-52-55(48,49)51-33-32-44)53-43(47)31-25-19-14-13-18-23-29-41-37(4)36(3)40(54-41)26-6-2/h10-11,15-17,21-22,28,38-39,45H,5-9,12-14,18-20,23-27,29-35,44H2,1-4H3,(H,48,49)/b11-10-,17-15+,21-16-,28-22-/t38?,39-/m1/s1. The molecule has 4 N–H and O–H groups in total. The van der Waals surface area contributed by atoms with Crippen molar-refractivity contribution in [2.24, 2.45) is 5.73 Å². The maximum atomic E-state index is 12.6. The third kappa shape index (κ3) is 26.7. The number of phosphoric acid groups is 1. The van der Waals surface area contributed by atoms with Crippen LogP contribution >= 0.6 is 7.82 Å². The fourth-order valence-electron chi connectivity index (χ4n) is 5.63. The Morgan fingerprint density at radius 1 is 0.764 bits per heavy atom. The molecular weight excluding hydrogens is 721 g/mol. The number of hydrogen-bond acceptors (Lipinski definition) is 10. The molecule has 0 bridgehead atoms. The number of nitrogens with two attached hydrogens (primary N) is 1. The summed E-state index contributed by atoms with van der Waals surface area (Å²) >= 11 is 0. The van der Waals surface area contributed by atoms with Crippen LogP contribution in [-0.4, -0.2) is 60.5 Å². The fourth-order valence-corrected chi connectivity index (χ4v) is 6.40. The van der Waals surface area contributed by atoms with Crippen LogP contribution in [0.15, 0.2) is 53.0 Å². The summed E-state index contributed by atoms with van der Waals surface area (Å²) < 4.78 is 38.8. The molecule has 12 heteroatoms. The molecule has 11 nitrogen and oxygen atoms in total. The molecule has 2 unspecified atom stereocenters. The van der Waals surface area contributed by atoms with E-state index >= 15 is 0 Å². The van der Waals surface area contributed by atoms with Crippen LogP contribution in [-0.2, 0) is 45.5 Å². The van der Waals surface area contributed by atoms with E-state index in [2.05, 4.69) is 45.9 Å². The zero-order chi connectivity index (χ0) is 40.6.